The number of aryl methyl sites for hydroxylation is 1. The Morgan fingerprint density at radius 3 is 2.83 bits per heavy atom. The predicted molar refractivity (Wildman–Crippen MR) is 64.6 cm³/mol. The highest BCUT2D eigenvalue weighted by molar-refractivity contribution is 5.40. The summed E-state index contributed by atoms with van der Waals surface area (Å²) in [4.78, 5) is 18.4. The number of nitro benzene ring substituents is 1. The number of benzene rings is 1. The van der Waals surface area contributed by atoms with Gasteiger partial charge in [0.15, 0.2) is 0 Å². The first-order chi connectivity index (χ1) is 8.70. The van der Waals surface area contributed by atoms with E-state index in [9.17, 15) is 10.1 Å². The van der Waals surface area contributed by atoms with Gasteiger partial charge in [-0.3, -0.25) is 15.1 Å². The van der Waals surface area contributed by atoms with Gasteiger partial charge in [-0.05, 0) is 12.5 Å². The van der Waals surface area contributed by atoms with Gasteiger partial charge in [0.25, 0.3) is 5.69 Å². The molecule has 0 saturated heterocycles. The fraction of sp³-hybridized carbons (Fsp3) is 0.167. The number of aromatic nitrogens is 2. The van der Waals surface area contributed by atoms with Gasteiger partial charge in [-0.15, -0.1) is 0 Å². The molecule has 0 unspecified atom stereocenters. The maximum atomic E-state index is 10.7. The molecule has 0 spiro atoms. The van der Waals surface area contributed by atoms with Gasteiger partial charge in [0.05, 0.1) is 11.0 Å². The lowest BCUT2D eigenvalue weighted by molar-refractivity contribution is -0.384. The summed E-state index contributed by atoms with van der Waals surface area (Å²) in [6, 6.07) is 5.97. The van der Waals surface area contributed by atoms with Crippen molar-refractivity contribution >= 4 is 5.69 Å². The molecule has 0 fully saturated rings. The lowest BCUT2D eigenvalue weighted by atomic mass is 10.3. The molecule has 1 aromatic heterocycles. The van der Waals surface area contributed by atoms with Gasteiger partial charge in [0.1, 0.15) is 11.4 Å². The molecule has 0 amide bonds. The van der Waals surface area contributed by atoms with Crippen molar-refractivity contribution in [1.29, 1.82) is 0 Å². The van der Waals surface area contributed by atoms with Gasteiger partial charge in [-0.1, -0.05) is 13.0 Å². The standard InChI is InChI=1S/C12H11N3O3/c1-2-11-12(14-7-6-13-11)18-10-5-3-4-9(8-10)15(16)17/h3-8H,2H2,1H3. The minimum atomic E-state index is -0.468. The topological polar surface area (TPSA) is 78.2 Å². The first kappa shape index (κ1) is 12.0. The van der Waals surface area contributed by atoms with E-state index in [2.05, 4.69) is 9.97 Å². The predicted octanol–water partition coefficient (Wildman–Crippen LogP) is 2.74. The number of rotatable bonds is 4. The summed E-state index contributed by atoms with van der Waals surface area (Å²) in [6.07, 6.45) is 3.78. The molecule has 1 aromatic carbocycles. The third kappa shape index (κ3) is 2.60. The van der Waals surface area contributed by atoms with Crippen molar-refractivity contribution in [2.24, 2.45) is 0 Å². The molecule has 0 saturated carbocycles. The van der Waals surface area contributed by atoms with Crippen molar-refractivity contribution in [2.45, 2.75) is 13.3 Å². The van der Waals surface area contributed by atoms with E-state index in [4.69, 9.17) is 4.74 Å². The highest BCUT2D eigenvalue weighted by Gasteiger charge is 2.09. The number of non-ortho nitro benzene ring substituents is 1. The van der Waals surface area contributed by atoms with E-state index in [1.807, 2.05) is 6.92 Å². The van der Waals surface area contributed by atoms with Crippen LogP contribution in [-0.4, -0.2) is 14.9 Å². The van der Waals surface area contributed by atoms with Crippen LogP contribution in [0.25, 0.3) is 0 Å². The number of nitrogens with zero attached hydrogens (tertiary/aromatic N) is 3. The van der Waals surface area contributed by atoms with Gasteiger partial charge in [0, 0.05) is 18.5 Å². The molecule has 0 bridgehead atoms. The molecule has 1 heterocycles. The minimum Gasteiger partial charge on any atom is -0.437 e. The first-order valence-electron chi connectivity index (χ1n) is 5.43. The largest absolute Gasteiger partial charge is 0.437 e. The summed E-state index contributed by atoms with van der Waals surface area (Å²) >= 11 is 0. The number of ether oxygens (including phenoxy) is 1. The summed E-state index contributed by atoms with van der Waals surface area (Å²) in [5.74, 6) is 0.750. The van der Waals surface area contributed by atoms with Crippen LogP contribution in [0.1, 0.15) is 12.6 Å². The van der Waals surface area contributed by atoms with E-state index in [1.54, 1.807) is 18.3 Å². The monoisotopic (exact) mass is 245 g/mol. The zero-order chi connectivity index (χ0) is 13.0. The highest BCUT2D eigenvalue weighted by Crippen LogP contribution is 2.25. The van der Waals surface area contributed by atoms with Crippen molar-refractivity contribution < 1.29 is 9.66 Å². The Balaban J connectivity index is 2.28. The second-order valence-corrected chi connectivity index (χ2v) is 3.52. The molecule has 18 heavy (non-hydrogen) atoms. The van der Waals surface area contributed by atoms with E-state index in [-0.39, 0.29) is 5.69 Å². The average molecular weight is 245 g/mol. The van der Waals surface area contributed by atoms with Gasteiger partial charge < -0.3 is 4.74 Å². The van der Waals surface area contributed by atoms with Crippen LogP contribution in [0.5, 0.6) is 11.6 Å². The van der Waals surface area contributed by atoms with Crippen LogP contribution in [0.2, 0.25) is 0 Å². The van der Waals surface area contributed by atoms with Crippen LogP contribution in [0.15, 0.2) is 36.7 Å². The summed E-state index contributed by atoms with van der Waals surface area (Å²) in [5.41, 5.74) is 0.693. The molecule has 2 aromatic rings. The normalized spacial score (nSPS) is 10.1. The molecule has 92 valence electrons. The Morgan fingerprint density at radius 1 is 1.33 bits per heavy atom. The molecule has 0 aliphatic carbocycles. The molecule has 2 rings (SSSR count). The molecule has 0 atom stereocenters. The maximum Gasteiger partial charge on any atom is 0.273 e. The lowest BCUT2D eigenvalue weighted by Crippen LogP contribution is -1.96. The summed E-state index contributed by atoms with van der Waals surface area (Å²) in [5, 5.41) is 10.7. The molecule has 6 nitrogen and oxygen atoms in total. The fourth-order valence-electron chi connectivity index (χ4n) is 1.45. The molecule has 0 aliphatic heterocycles. The van der Waals surface area contributed by atoms with E-state index in [1.165, 1.54) is 18.3 Å². The summed E-state index contributed by atoms with van der Waals surface area (Å²) in [6.45, 7) is 1.93. The quantitative estimate of drug-likeness (QED) is 0.611. The van der Waals surface area contributed by atoms with E-state index in [0.717, 1.165) is 0 Å². The average Bonchev–Trinajstić information content (AvgIpc) is 2.39. The van der Waals surface area contributed by atoms with Crippen molar-refractivity contribution in [3.05, 3.63) is 52.5 Å². The Kier molecular flexibility index (Phi) is 3.47. The van der Waals surface area contributed by atoms with Gasteiger partial charge in [-0.25, -0.2) is 4.98 Å². The SMILES string of the molecule is CCc1nccnc1Oc1cccc([N+](=O)[O-])c1. The van der Waals surface area contributed by atoms with Crippen LogP contribution in [0.4, 0.5) is 5.69 Å². The fourth-order valence-corrected chi connectivity index (χ4v) is 1.45. The van der Waals surface area contributed by atoms with Crippen LogP contribution in [-0.2, 0) is 6.42 Å². The van der Waals surface area contributed by atoms with Crippen molar-refractivity contribution in [3.8, 4) is 11.6 Å². The third-order valence-corrected chi connectivity index (χ3v) is 2.31. The Bertz CT molecular complexity index is 572. The zero-order valence-electron chi connectivity index (χ0n) is 9.74. The minimum absolute atomic E-state index is 0.0190. The third-order valence-electron chi connectivity index (χ3n) is 2.31. The smallest absolute Gasteiger partial charge is 0.273 e. The van der Waals surface area contributed by atoms with Crippen molar-refractivity contribution in [2.75, 3.05) is 0 Å². The van der Waals surface area contributed by atoms with E-state index < -0.39 is 4.92 Å². The maximum absolute atomic E-state index is 10.7. The second-order valence-electron chi connectivity index (χ2n) is 3.52. The molecule has 6 heteroatoms. The molecule has 0 radical (unpaired) electrons. The van der Waals surface area contributed by atoms with Gasteiger partial charge >= 0.3 is 0 Å². The Labute approximate surface area is 103 Å². The van der Waals surface area contributed by atoms with Gasteiger partial charge in [-0.2, -0.15) is 0 Å². The van der Waals surface area contributed by atoms with Crippen molar-refractivity contribution in [1.82, 2.24) is 9.97 Å². The number of nitro groups is 1. The molecular weight excluding hydrogens is 234 g/mol. The second kappa shape index (κ2) is 5.22. The Morgan fingerprint density at radius 2 is 2.11 bits per heavy atom. The van der Waals surface area contributed by atoms with Crippen LogP contribution >= 0.6 is 0 Å². The van der Waals surface area contributed by atoms with Crippen LogP contribution in [0, 0.1) is 10.1 Å². The molecule has 0 aliphatic rings. The van der Waals surface area contributed by atoms with Crippen LogP contribution in [0.3, 0.4) is 0 Å². The molecule has 0 N–H and O–H groups in total. The van der Waals surface area contributed by atoms with E-state index in [0.29, 0.717) is 23.7 Å². The number of hydrogen-bond donors (Lipinski definition) is 0. The van der Waals surface area contributed by atoms with Crippen molar-refractivity contribution in [3.63, 3.8) is 0 Å². The Hall–Kier alpha value is -2.50. The molecular formula is C12H11N3O3. The lowest BCUT2D eigenvalue weighted by Gasteiger charge is -2.07. The van der Waals surface area contributed by atoms with E-state index >= 15 is 0 Å². The van der Waals surface area contributed by atoms with Gasteiger partial charge in [0.2, 0.25) is 5.88 Å². The number of hydrogen-bond acceptors (Lipinski definition) is 5. The summed E-state index contributed by atoms with van der Waals surface area (Å²) in [7, 11) is 0. The summed E-state index contributed by atoms with van der Waals surface area (Å²) < 4.78 is 5.51. The first-order valence-corrected chi connectivity index (χ1v) is 5.43. The zero-order valence-corrected chi connectivity index (χ0v) is 9.74. The highest BCUT2D eigenvalue weighted by atomic mass is 16.6. The van der Waals surface area contributed by atoms with Crippen LogP contribution < -0.4 is 4.74 Å².